The van der Waals surface area contributed by atoms with Crippen LogP contribution in [0.4, 0.5) is 0 Å². The fourth-order valence-electron chi connectivity index (χ4n) is 0.608. The van der Waals surface area contributed by atoms with Gasteiger partial charge in [0.1, 0.15) is 0 Å². The molecule has 58 valence electrons. The lowest BCUT2D eigenvalue weighted by Crippen LogP contribution is -2.40. The Hall–Kier alpha value is -0.125. The molecule has 0 aromatic carbocycles. The molecule has 0 aromatic heterocycles. The molecule has 5 heteroatoms. The van der Waals surface area contributed by atoms with Crippen molar-refractivity contribution in [3.8, 4) is 0 Å². The first kappa shape index (κ1) is 9.87. The van der Waals surface area contributed by atoms with E-state index in [0.29, 0.717) is 11.4 Å². The molecule has 3 nitrogen and oxygen atoms in total. The van der Waals surface area contributed by atoms with Gasteiger partial charge in [-0.1, -0.05) is 12.2 Å². The lowest BCUT2D eigenvalue weighted by molar-refractivity contribution is 0.523. The van der Waals surface area contributed by atoms with E-state index in [1.165, 1.54) is 0 Å². The van der Waals surface area contributed by atoms with Crippen molar-refractivity contribution in [1.82, 2.24) is 4.90 Å². The number of nitrogens with zero attached hydrogens (tertiary/aromatic N) is 1. The Labute approximate surface area is 67.5 Å². The largest absolute Gasteiger partial charge is 0.452 e. The lowest BCUT2D eigenvalue weighted by Gasteiger charge is -2.20. The zero-order valence-corrected chi connectivity index (χ0v) is 7.19. The van der Waals surface area contributed by atoms with Crippen LogP contribution in [0.5, 0.6) is 0 Å². The van der Waals surface area contributed by atoms with Crippen LogP contribution in [-0.2, 0) is 0 Å². The van der Waals surface area contributed by atoms with Gasteiger partial charge in [0.15, 0.2) is 0 Å². The molecule has 0 saturated carbocycles. The number of hydrogen-bond donors (Lipinski definition) is 2. The third-order valence-corrected chi connectivity index (χ3v) is 1.88. The van der Waals surface area contributed by atoms with E-state index in [0.717, 1.165) is 0 Å². The first-order chi connectivity index (χ1) is 4.59. The van der Waals surface area contributed by atoms with Crippen molar-refractivity contribution in [1.29, 1.82) is 0 Å². The first-order valence-electron chi connectivity index (χ1n) is 3.21. The quantitative estimate of drug-likeness (QED) is 0.406. The molecule has 1 atom stereocenters. The molecule has 0 heterocycles. The van der Waals surface area contributed by atoms with Crippen LogP contribution < -0.4 is 5.73 Å². The molecular formula is C5H13BN2OS. The Bertz CT molecular complexity index is 120. The summed E-state index contributed by atoms with van der Waals surface area (Å²) in [6.07, 6.45) is 0.556. The average Bonchev–Trinajstić information content (AvgIpc) is 1.87. The molecule has 0 saturated heterocycles. The second-order valence-electron chi connectivity index (χ2n) is 2.27. The minimum absolute atomic E-state index is 0.105. The maximum absolute atomic E-state index is 8.53. The van der Waals surface area contributed by atoms with Crippen molar-refractivity contribution in [3.63, 3.8) is 0 Å². The first-order valence-corrected chi connectivity index (χ1v) is 3.62. The van der Waals surface area contributed by atoms with Crippen molar-refractivity contribution >= 4 is 24.7 Å². The summed E-state index contributed by atoms with van der Waals surface area (Å²) in [7, 11) is 1.94. The maximum atomic E-state index is 8.53. The molecule has 0 bridgehead atoms. The summed E-state index contributed by atoms with van der Waals surface area (Å²) in [5.74, 6) is 0. The van der Waals surface area contributed by atoms with Gasteiger partial charge in [0, 0.05) is 13.5 Å². The van der Waals surface area contributed by atoms with Crippen LogP contribution in [0.3, 0.4) is 0 Å². The zero-order valence-electron chi connectivity index (χ0n) is 6.37. The molecule has 0 rings (SSSR count). The number of hydrogen-bond acceptors (Lipinski definition) is 3. The van der Waals surface area contributed by atoms with Crippen LogP contribution >= 0.6 is 12.2 Å². The third-order valence-electron chi connectivity index (χ3n) is 1.20. The molecule has 0 amide bonds. The Morgan fingerprint density at radius 3 is 2.70 bits per heavy atom. The topological polar surface area (TPSA) is 49.5 Å². The van der Waals surface area contributed by atoms with Gasteiger partial charge >= 0.3 is 0 Å². The SMILES string of the molecule is C[C@H](N)C(=S)N(C)CBO. The predicted octanol–water partition coefficient (Wildman–Crippen LogP) is -1.11. The van der Waals surface area contributed by atoms with Gasteiger partial charge in [0.2, 0.25) is 0 Å². The standard InChI is InChI=1S/C5H13BN2OS/c1-4(7)5(10)8(2)3-6-9/h4,6,9H,3,7H2,1-2H3/t4-/m0/s1. The lowest BCUT2D eigenvalue weighted by atomic mass is 10.0. The highest BCUT2D eigenvalue weighted by molar-refractivity contribution is 7.80. The number of likely N-dealkylation sites (N-methyl/N-ethyl adjacent to an activating group) is 1. The van der Waals surface area contributed by atoms with Gasteiger partial charge in [-0.15, -0.1) is 0 Å². The number of nitrogens with two attached hydrogens (primary N) is 1. The van der Waals surface area contributed by atoms with Crippen LogP contribution in [0, 0.1) is 0 Å². The van der Waals surface area contributed by atoms with E-state index in [-0.39, 0.29) is 13.5 Å². The highest BCUT2D eigenvalue weighted by Gasteiger charge is 2.07. The second-order valence-corrected chi connectivity index (χ2v) is 2.69. The summed E-state index contributed by atoms with van der Waals surface area (Å²) < 4.78 is 0. The highest BCUT2D eigenvalue weighted by atomic mass is 32.1. The Morgan fingerprint density at radius 2 is 2.40 bits per heavy atom. The third kappa shape index (κ3) is 3.15. The Balaban J connectivity index is 3.71. The highest BCUT2D eigenvalue weighted by Crippen LogP contribution is 1.90. The molecule has 0 aliphatic rings. The minimum Gasteiger partial charge on any atom is -0.452 e. The van der Waals surface area contributed by atoms with Crippen LogP contribution in [-0.4, -0.2) is 41.9 Å². The van der Waals surface area contributed by atoms with Gasteiger partial charge in [0.05, 0.1) is 11.0 Å². The summed E-state index contributed by atoms with van der Waals surface area (Å²) in [5.41, 5.74) is 5.50. The van der Waals surface area contributed by atoms with Crippen LogP contribution in [0.25, 0.3) is 0 Å². The molecular weight excluding hydrogens is 147 g/mol. The van der Waals surface area contributed by atoms with Crippen LogP contribution in [0.1, 0.15) is 6.92 Å². The maximum Gasteiger partial charge on any atom is 0.290 e. The fraction of sp³-hybridized carbons (Fsp3) is 0.800. The Kier molecular flexibility index (Phi) is 4.60. The van der Waals surface area contributed by atoms with Crippen molar-refractivity contribution in [2.45, 2.75) is 13.0 Å². The monoisotopic (exact) mass is 160 g/mol. The van der Waals surface area contributed by atoms with E-state index < -0.39 is 0 Å². The molecule has 0 unspecified atom stereocenters. The van der Waals surface area contributed by atoms with Crippen molar-refractivity contribution < 1.29 is 5.02 Å². The summed E-state index contributed by atoms with van der Waals surface area (Å²) in [5, 5.41) is 8.53. The minimum atomic E-state index is -0.105. The molecule has 0 aliphatic carbocycles. The number of rotatable bonds is 3. The molecule has 0 fully saturated rings. The van der Waals surface area contributed by atoms with Gasteiger partial charge < -0.3 is 15.7 Å². The molecule has 0 radical (unpaired) electrons. The van der Waals surface area contributed by atoms with Crippen LogP contribution in [0.15, 0.2) is 0 Å². The number of thiocarbonyl (C=S) groups is 1. The van der Waals surface area contributed by atoms with E-state index in [4.69, 9.17) is 23.0 Å². The van der Waals surface area contributed by atoms with Gasteiger partial charge in [0.25, 0.3) is 7.48 Å². The second kappa shape index (κ2) is 4.65. The van der Waals surface area contributed by atoms with Gasteiger partial charge in [-0.05, 0) is 6.92 Å². The molecule has 10 heavy (non-hydrogen) atoms. The van der Waals surface area contributed by atoms with E-state index in [2.05, 4.69) is 0 Å². The summed E-state index contributed by atoms with van der Waals surface area (Å²) in [6, 6.07) is -0.105. The predicted molar refractivity (Wildman–Crippen MR) is 48.2 cm³/mol. The molecule has 0 aromatic rings. The smallest absolute Gasteiger partial charge is 0.290 e. The van der Waals surface area contributed by atoms with E-state index in [1.807, 2.05) is 14.0 Å². The summed E-state index contributed by atoms with van der Waals surface area (Å²) in [4.78, 5) is 2.47. The zero-order chi connectivity index (χ0) is 8.15. The summed E-state index contributed by atoms with van der Waals surface area (Å²) in [6.45, 7) is 1.83. The molecule has 0 aliphatic heterocycles. The van der Waals surface area contributed by atoms with E-state index in [1.54, 1.807) is 4.90 Å². The van der Waals surface area contributed by atoms with Crippen molar-refractivity contribution in [3.05, 3.63) is 0 Å². The summed E-state index contributed by atoms with van der Waals surface area (Å²) >= 11 is 4.96. The van der Waals surface area contributed by atoms with E-state index in [9.17, 15) is 0 Å². The van der Waals surface area contributed by atoms with Crippen LogP contribution in [0.2, 0.25) is 0 Å². The normalized spacial score (nSPS) is 12.4. The van der Waals surface area contributed by atoms with E-state index >= 15 is 0 Å². The molecule has 0 spiro atoms. The van der Waals surface area contributed by atoms with Gasteiger partial charge in [-0.25, -0.2) is 0 Å². The van der Waals surface area contributed by atoms with Crippen molar-refractivity contribution in [2.75, 3.05) is 13.5 Å². The fourth-order valence-corrected chi connectivity index (χ4v) is 0.699. The van der Waals surface area contributed by atoms with Crippen molar-refractivity contribution in [2.24, 2.45) is 5.73 Å². The van der Waals surface area contributed by atoms with Gasteiger partial charge in [-0.3, -0.25) is 0 Å². The Morgan fingerprint density at radius 1 is 1.90 bits per heavy atom. The van der Waals surface area contributed by atoms with Gasteiger partial charge in [-0.2, -0.15) is 0 Å². The average molecular weight is 160 g/mol. The molecule has 3 N–H and O–H groups in total.